The van der Waals surface area contributed by atoms with Crippen molar-refractivity contribution in [3.63, 3.8) is 0 Å². The highest BCUT2D eigenvalue weighted by Gasteiger charge is 2.22. The Balaban J connectivity index is 1.59. The highest BCUT2D eigenvalue weighted by Crippen LogP contribution is 2.29. The molecule has 1 heterocycles. The Morgan fingerprint density at radius 2 is 2.04 bits per heavy atom. The summed E-state index contributed by atoms with van der Waals surface area (Å²) in [7, 11) is 0. The van der Waals surface area contributed by atoms with Crippen LogP contribution in [0.5, 0.6) is 0 Å². The van der Waals surface area contributed by atoms with E-state index in [0.717, 1.165) is 18.5 Å². The van der Waals surface area contributed by atoms with Crippen molar-refractivity contribution in [3.05, 3.63) is 42.0 Å². The summed E-state index contributed by atoms with van der Waals surface area (Å²) in [5.74, 6) is -0.341. The first-order chi connectivity index (χ1) is 11.1. The summed E-state index contributed by atoms with van der Waals surface area (Å²) in [6.45, 7) is -0.0347. The zero-order valence-corrected chi connectivity index (χ0v) is 12.5. The summed E-state index contributed by atoms with van der Waals surface area (Å²) >= 11 is 0. The molecule has 1 aliphatic carbocycles. The van der Waals surface area contributed by atoms with E-state index in [2.05, 4.69) is 15.6 Å². The Bertz CT molecular complexity index is 718. The molecule has 1 aromatic heterocycles. The summed E-state index contributed by atoms with van der Waals surface area (Å²) in [6.07, 6.45) is 4.43. The third-order valence-electron chi connectivity index (χ3n) is 3.97. The zero-order valence-electron chi connectivity index (χ0n) is 12.5. The summed E-state index contributed by atoms with van der Waals surface area (Å²) in [5.41, 5.74) is 0.944. The van der Waals surface area contributed by atoms with E-state index in [-0.39, 0.29) is 29.8 Å². The number of nitrogens with zero attached hydrogens (tertiary/aromatic N) is 3. The minimum absolute atomic E-state index is 0.0347. The molecule has 0 unspecified atom stereocenters. The largest absolute Gasteiger partial charge is 0.322 e. The molecule has 0 radical (unpaired) electrons. The maximum atomic E-state index is 13.5. The van der Waals surface area contributed by atoms with Crippen LogP contribution in [0.3, 0.4) is 0 Å². The van der Waals surface area contributed by atoms with E-state index in [9.17, 15) is 14.0 Å². The van der Waals surface area contributed by atoms with Gasteiger partial charge in [0.2, 0.25) is 5.91 Å². The number of rotatable bonds is 4. The number of carbonyl (C=O) groups excluding carboxylic acids is 2. The molecule has 0 bridgehead atoms. The lowest BCUT2D eigenvalue weighted by molar-refractivity contribution is -0.120. The summed E-state index contributed by atoms with van der Waals surface area (Å²) < 4.78 is 14.9. The van der Waals surface area contributed by atoms with Gasteiger partial charge in [-0.15, -0.1) is 5.10 Å². The van der Waals surface area contributed by atoms with Crippen molar-refractivity contribution in [1.29, 1.82) is 0 Å². The molecule has 3 rings (SSSR count). The van der Waals surface area contributed by atoms with E-state index < -0.39 is 5.82 Å². The fourth-order valence-corrected chi connectivity index (χ4v) is 2.71. The molecule has 1 aromatic carbocycles. The number of Topliss-reactive ketones (excluding diaryl/α,β-unsaturated/α-hetero) is 1. The molecule has 1 saturated carbocycles. The van der Waals surface area contributed by atoms with Crippen LogP contribution in [0.2, 0.25) is 0 Å². The number of anilines is 1. The molecule has 6 nitrogen and oxygen atoms in total. The number of para-hydroxylation sites is 1. The minimum atomic E-state index is -0.480. The highest BCUT2D eigenvalue weighted by atomic mass is 19.1. The van der Waals surface area contributed by atoms with Gasteiger partial charge in [-0.3, -0.25) is 9.59 Å². The average molecular weight is 316 g/mol. The van der Waals surface area contributed by atoms with Gasteiger partial charge in [-0.2, -0.15) is 0 Å². The number of benzene rings is 1. The third kappa shape index (κ3) is 3.80. The summed E-state index contributed by atoms with van der Waals surface area (Å²) in [5, 5.41) is 10.5. The number of hydrogen-bond donors (Lipinski definition) is 1. The number of hydrogen-bond acceptors (Lipinski definition) is 4. The Morgan fingerprint density at radius 3 is 2.78 bits per heavy atom. The van der Waals surface area contributed by atoms with Gasteiger partial charge in [-0.25, -0.2) is 9.07 Å². The van der Waals surface area contributed by atoms with Crippen LogP contribution in [0.25, 0.3) is 0 Å². The molecule has 0 aliphatic heterocycles. The maximum Gasteiger partial charge on any atom is 0.246 e. The number of halogens is 1. The van der Waals surface area contributed by atoms with Gasteiger partial charge < -0.3 is 5.32 Å². The van der Waals surface area contributed by atoms with Crippen molar-refractivity contribution >= 4 is 17.4 Å². The average Bonchev–Trinajstić information content (AvgIpc) is 2.98. The van der Waals surface area contributed by atoms with Crippen LogP contribution in [-0.4, -0.2) is 26.7 Å². The maximum absolute atomic E-state index is 13.5. The van der Waals surface area contributed by atoms with E-state index in [1.807, 2.05) is 0 Å². The van der Waals surface area contributed by atoms with Gasteiger partial charge in [0.15, 0.2) is 0 Å². The molecule has 0 atom stereocenters. The predicted octanol–water partition coefficient (Wildman–Crippen LogP) is 2.28. The van der Waals surface area contributed by atoms with E-state index in [1.54, 1.807) is 18.3 Å². The summed E-state index contributed by atoms with van der Waals surface area (Å²) in [4.78, 5) is 23.2. The molecule has 1 amide bonds. The van der Waals surface area contributed by atoms with Crippen molar-refractivity contribution < 1.29 is 14.0 Å². The topological polar surface area (TPSA) is 76.9 Å². The van der Waals surface area contributed by atoms with Gasteiger partial charge in [0.1, 0.15) is 18.1 Å². The van der Waals surface area contributed by atoms with E-state index in [1.165, 1.54) is 16.8 Å². The molecule has 1 fully saturated rings. The molecule has 0 saturated heterocycles. The summed E-state index contributed by atoms with van der Waals surface area (Å²) in [6, 6.07) is 5.99. The molecule has 1 aliphatic rings. The molecule has 2 aromatic rings. The minimum Gasteiger partial charge on any atom is -0.322 e. The Hall–Kier alpha value is -2.57. The van der Waals surface area contributed by atoms with Crippen molar-refractivity contribution in [3.8, 4) is 0 Å². The molecule has 0 spiro atoms. The van der Waals surface area contributed by atoms with Crippen LogP contribution < -0.4 is 5.32 Å². The second kappa shape index (κ2) is 6.68. The van der Waals surface area contributed by atoms with Crippen molar-refractivity contribution in [2.45, 2.75) is 38.1 Å². The predicted molar refractivity (Wildman–Crippen MR) is 81.3 cm³/mol. The molecule has 7 heteroatoms. The Morgan fingerprint density at radius 1 is 1.30 bits per heavy atom. The number of aromatic nitrogens is 3. The first-order valence-electron chi connectivity index (χ1n) is 7.58. The SMILES string of the molecule is O=C1CCC(c2cn(CC(=O)Nc3ccccc3F)nn2)CC1. The van der Waals surface area contributed by atoms with Gasteiger partial charge in [0.25, 0.3) is 0 Å². The van der Waals surface area contributed by atoms with Crippen LogP contribution in [0.15, 0.2) is 30.5 Å². The van der Waals surface area contributed by atoms with E-state index in [0.29, 0.717) is 12.8 Å². The third-order valence-corrected chi connectivity index (χ3v) is 3.97. The zero-order chi connectivity index (χ0) is 16.2. The van der Waals surface area contributed by atoms with E-state index in [4.69, 9.17) is 0 Å². The Kier molecular flexibility index (Phi) is 4.45. The smallest absolute Gasteiger partial charge is 0.246 e. The standard InChI is InChI=1S/C16H17FN4O2/c17-13-3-1-2-4-14(13)18-16(23)10-21-9-15(19-20-21)11-5-7-12(22)8-6-11/h1-4,9,11H,5-8,10H2,(H,18,23). The first kappa shape index (κ1) is 15.3. The van der Waals surface area contributed by atoms with Crippen molar-refractivity contribution in [2.24, 2.45) is 0 Å². The lowest BCUT2D eigenvalue weighted by Gasteiger charge is -2.17. The fourth-order valence-electron chi connectivity index (χ4n) is 2.71. The van der Waals surface area contributed by atoms with Crippen LogP contribution in [-0.2, 0) is 16.1 Å². The molecular formula is C16H17FN4O2. The van der Waals surface area contributed by atoms with Crippen LogP contribution in [0.1, 0.15) is 37.3 Å². The monoisotopic (exact) mass is 316 g/mol. The van der Waals surface area contributed by atoms with Crippen LogP contribution in [0.4, 0.5) is 10.1 Å². The highest BCUT2D eigenvalue weighted by molar-refractivity contribution is 5.90. The van der Waals surface area contributed by atoms with E-state index >= 15 is 0 Å². The lowest BCUT2D eigenvalue weighted by Crippen LogP contribution is -2.19. The van der Waals surface area contributed by atoms with Crippen LogP contribution in [0, 0.1) is 5.82 Å². The van der Waals surface area contributed by atoms with Gasteiger partial charge in [-0.05, 0) is 25.0 Å². The first-order valence-corrected chi connectivity index (χ1v) is 7.58. The number of ketones is 1. The van der Waals surface area contributed by atoms with Gasteiger partial charge in [0, 0.05) is 25.0 Å². The number of nitrogens with one attached hydrogen (secondary N) is 1. The second-order valence-corrected chi connectivity index (χ2v) is 5.68. The van der Waals surface area contributed by atoms with Crippen molar-refractivity contribution in [2.75, 3.05) is 5.32 Å². The molecule has 23 heavy (non-hydrogen) atoms. The normalized spacial score (nSPS) is 15.6. The van der Waals surface area contributed by atoms with Gasteiger partial charge in [0.05, 0.1) is 11.4 Å². The number of amides is 1. The van der Waals surface area contributed by atoms with Crippen molar-refractivity contribution in [1.82, 2.24) is 15.0 Å². The molecular weight excluding hydrogens is 299 g/mol. The number of carbonyl (C=O) groups is 2. The van der Waals surface area contributed by atoms with Gasteiger partial charge >= 0.3 is 0 Å². The quantitative estimate of drug-likeness (QED) is 0.939. The second-order valence-electron chi connectivity index (χ2n) is 5.68. The molecule has 1 N–H and O–H groups in total. The Labute approximate surface area is 132 Å². The lowest BCUT2D eigenvalue weighted by atomic mass is 9.86. The van der Waals surface area contributed by atoms with Gasteiger partial charge in [-0.1, -0.05) is 17.3 Å². The van der Waals surface area contributed by atoms with Crippen LogP contribution >= 0.6 is 0 Å². The fraction of sp³-hybridized carbons (Fsp3) is 0.375. The molecule has 120 valence electrons.